The molecule has 0 aliphatic carbocycles. The highest BCUT2D eigenvalue weighted by atomic mass is 32.2. The molecule has 27 heavy (non-hydrogen) atoms. The molecule has 3 rings (SSSR count). The zero-order valence-corrected chi connectivity index (χ0v) is 15.4. The van der Waals surface area contributed by atoms with Crippen molar-refractivity contribution in [2.45, 2.75) is 6.92 Å². The third kappa shape index (κ3) is 4.70. The lowest BCUT2D eigenvalue weighted by Gasteiger charge is -2.06. The Hall–Kier alpha value is -3.20. The number of nitrogens with one attached hydrogen (secondary N) is 2. The van der Waals surface area contributed by atoms with E-state index in [4.69, 9.17) is 0 Å². The van der Waals surface area contributed by atoms with E-state index in [1.165, 1.54) is 41.1 Å². The maximum atomic E-state index is 13.4. The Balaban J connectivity index is 1.76. The molecule has 0 radical (unpaired) electrons. The van der Waals surface area contributed by atoms with Gasteiger partial charge in [-0.1, -0.05) is 6.07 Å². The van der Waals surface area contributed by atoms with Crippen LogP contribution in [0.4, 0.5) is 15.9 Å². The smallest absolute Gasteiger partial charge is 0.256 e. The predicted octanol–water partition coefficient (Wildman–Crippen LogP) is 2.94. The van der Waals surface area contributed by atoms with Crippen molar-refractivity contribution < 1.29 is 17.6 Å². The molecule has 0 fully saturated rings. The molecule has 3 aromatic rings. The number of benzene rings is 2. The Morgan fingerprint density at radius 3 is 2.44 bits per heavy atom. The molecule has 2 aromatic carbocycles. The number of sulfonamides is 1. The Labute approximate surface area is 155 Å². The van der Waals surface area contributed by atoms with Gasteiger partial charge in [-0.15, -0.1) is 5.10 Å². The van der Waals surface area contributed by atoms with Gasteiger partial charge in [-0.3, -0.25) is 9.52 Å². The van der Waals surface area contributed by atoms with Crippen molar-refractivity contribution >= 4 is 27.4 Å². The summed E-state index contributed by atoms with van der Waals surface area (Å²) in [6.45, 7) is 1.79. The van der Waals surface area contributed by atoms with Crippen LogP contribution in [0.2, 0.25) is 0 Å². The molecule has 0 saturated carbocycles. The lowest BCUT2D eigenvalue weighted by molar-refractivity contribution is 0.102. The minimum atomic E-state index is -3.38. The van der Waals surface area contributed by atoms with E-state index in [-0.39, 0.29) is 5.82 Å². The van der Waals surface area contributed by atoms with Gasteiger partial charge in [-0.2, -0.15) is 0 Å². The summed E-state index contributed by atoms with van der Waals surface area (Å²) in [5.41, 5.74) is 1.97. The fourth-order valence-electron chi connectivity index (χ4n) is 2.50. The second-order valence-electron chi connectivity index (χ2n) is 5.97. The average Bonchev–Trinajstić information content (AvgIpc) is 2.94. The maximum Gasteiger partial charge on any atom is 0.256 e. The van der Waals surface area contributed by atoms with Crippen LogP contribution in [0.3, 0.4) is 0 Å². The minimum Gasteiger partial charge on any atom is -0.305 e. The van der Waals surface area contributed by atoms with Gasteiger partial charge in [0.15, 0.2) is 5.82 Å². The summed E-state index contributed by atoms with van der Waals surface area (Å²) in [6, 6.07) is 13.6. The van der Waals surface area contributed by atoms with Crippen LogP contribution >= 0.6 is 0 Å². The van der Waals surface area contributed by atoms with Gasteiger partial charge >= 0.3 is 0 Å². The Morgan fingerprint density at radius 2 is 1.81 bits per heavy atom. The molecular formula is C18H17FN4O3S. The zero-order chi connectivity index (χ0) is 19.6. The molecule has 0 atom stereocenters. The van der Waals surface area contributed by atoms with Gasteiger partial charge in [-0.05, 0) is 49.4 Å². The Kier molecular flexibility index (Phi) is 4.95. The third-order valence-electron chi connectivity index (χ3n) is 3.63. The first kappa shape index (κ1) is 18.6. The summed E-state index contributed by atoms with van der Waals surface area (Å²) >= 11 is 0. The largest absolute Gasteiger partial charge is 0.305 e. The van der Waals surface area contributed by atoms with Gasteiger partial charge < -0.3 is 5.32 Å². The van der Waals surface area contributed by atoms with Gasteiger partial charge in [0.25, 0.3) is 5.91 Å². The summed E-state index contributed by atoms with van der Waals surface area (Å²) in [5, 5.41) is 6.95. The van der Waals surface area contributed by atoms with Crippen LogP contribution in [-0.4, -0.2) is 30.4 Å². The van der Waals surface area contributed by atoms with E-state index in [1.54, 1.807) is 25.1 Å². The highest BCUT2D eigenvalue weighted by Crippen LogP contribution is 2.17. The second kappa shape index (κ2) is 7.20. The van der Waals surface area contributed by atoms with Crippen LogP contribution in [-0.2, 0) is 10.0 Å². The molecule has 9 heteroatoms. The van der Waals surface area contributed by atoms with Gasteiger partial charge in [-0.25, -0.2) is 17.5 Å². The van der Waals surface area contributed by atoms with Crippen LogP contribution in [0.25, 0.3) is 5.69 Å². The molecule has 0 unspecified atom stereocenters. The van der Waals surface area contributed by atoms with E-state index >= 15 is 0 Å². The molecule has 0 aliphatic heterocycles. The number of halogens is 1. The van der Waals surface area contributed by atoms with Crippen molar-refractivity contribution in [2.24, 2.45) is 0 Å². The highest BCUT2D eigenvalue weighted by molar-refractivity contribution is 7.92. The van der Waals surface area contributed by atoms with Crippen molar-refractivity contribution in [1.29, 1.82) is 0 Å². The van der Waals surface area contributed by atoms with Crippen LogP contribution in [0.15, 0.2) is 54.6 Å². The van der Waals surface area contributed by atoms with E-state index in [0.29, 0.717) is 22.8 Å². The molecule has 0 bridgehead atoms. The van der Waals surface area contributed by atoms with E-state index in [2.05, 4.69) is 15.1 Å². The number of anilines is 2. The summed E-state index contributed by atoms with van der Waals surface area (Å²) in [4.78, 5) is 12.4. The first-order chi connectivity index (χ1) is 12.7. The highest BCUT2D eigenvalue weighted by Gasteiger charge is 2.12. The van der Waals surface area contributed by atoms with Crippen molar-refractivity contribution in [2.75, 3.05) is 16.3 Å². The standard InChI is InChI=1S/C18H17FN4O3S/c1-12-10-17(21-23(12)16-5-3-4-14(19)11-16)20-18(24)13-6-8-15(9-7-13)22-27(2,25)26/h3-11,22H,1-2H3,(H,20,21,24). The topological polar surface area (TPSA) is 93.1 Å². The number of aromatic nitrogens is 2. The monoisotopic (exact) mass is 388 g/mol. The normalized spacial score (nSPS) is 11.2. The van der Waals surface area contributed by atoms with Crippen LogP contribution in [0.1, 0.15) is 16.1 Å². The number of hydrogen-bond donors (Lipinski definition) is 2. The summed E-state index contributed by atoms with van der Waals surface area (Å²) < 4.78 is 39.7. The Morgan fingerprint density at radius 1 is 1.11 bits per heavy atom. The van der Waals surface area contributed by atoms with Gasteiger partial charge in [0, 0.05) is 23.0 Å². The molecule has 0 aliphatic rings. The SMILES string of the molecule is Cc1cc(NC(=O)c2ccc(NS(C)(=O)=O)cc2)nn1-c1cccc(F)c1. The second-order valence-corrected chi connectivity index (χ2v) is 7.72. The quantitative estimate of drug-likeness (QED) is 0.703. The molecule has 0 spiro atoms. The number of rotatable bonds is 5. The summed E-state index contributed by atoms with van der Waals surface area (Å²) in [6.07, 6.45) is 1.05. The number of hydrogen-bond acceptors (Lipinski definition) is 4. The molecule has 1 aromatic heterocycles. The van der Waals surface area contributed by atoms with Gasteiger partial charge in [0.05, 0.1) is 11.9 Å². The number of amides is 1. The Bertz CT molecular complexity index is 1090. The van der Waals surface area contributed by atoms with Crippen molar-refractivity contribution in [3.05, 3.63) is 71.7 Å². The third-order valence-corrected chi connectivity index (χ3v) is 4.24. The summed E-state index contributed by atoms with van der Waals surface area (Å²) in [7, 11) is -3.38. The fraction of sp³-hybridized carbons (Fsp3) is 0.111. The molecule has 7 nitrogen and oxygen atoms in total. The van der Waals surface area contributed by atoms with Crippen LogP contribution in [0.5, 0.6) is 0 Å². The van der Waals surface area contributed by atoms with Crippen molar-refractivity contribution in [1.82, 2.24) is 9.78 Å². The lowest BCUT2D eigenvalue weighted by Crippen LogP contribution is -2.13. The molecule has 0 saturated heterocycles. The van der Waals surface area contributed by atoms with Crippen molar-refractivity contribution in [3.63, 3.8) is 0 Å². The molecular weight excluding hydrogens is 371 g/mol. The van der Waals surface area contributed by atoms with E-state index < -0.39 is 15.9 Å². The molecule has 1 heterocycles. The van der Waals surface area contributed by atoms with E-state index in [0.717, 1.165) is 11.9 Å². The average molecular weight is 388 g/mol. The van der Waals surface area contributed by atoms with Crippen LogP contribution in [0, 0.1) is 12.7 Å². The van der Waals surface area contributed by atoms with Gasteiger partial charge in [0.2, 0.25) is 10.0 Å². The number of nitrogens with zero attached hydrogens (tertiary/aromatic N) is 2. The molecule has 140 valence electrons. The first-order valence-electron chi connectivity index (χ1n) is 7.93. The molecule has 2 N–H and O–H groups in total. The molecule has 1 amide bonds. The summed E-state index contributed by atoms with van der Waals surface area (Å²) in [5.74, 6) is -0.458. The van der Waals surface area contributed by atoms with Gasteiger partial charge in [0.1, 0.15) is 5.82 Å². The van der Waals surface area contributed by atoms with Crippen LogP contribution < -0.4 is 10.0 Å². The van der Waals surface area contributed by atoms with E-state index in [1.807, 2.05) is 0 Å². The number of aryl methyl sites for hydroxylation is 1. The fourth-order valence-corrected chi connectivity index (χ4v) is 3.06. The first-order valence-corrected chi connectivity index (χ1v) is 9.82. The zero-order valence-electron chi connectivity index (χ0n) is 14.6. The number of carbonyl (C=O) groups is 1. The number of carbonyl (C=O) groups excluding carboxylic acids is 1. The van der Waals surface area contributed by atoms with Crippen molar-refractivity contribution in [3.8, 4) is 5.69 Å². The minimum absolute atomic E-state index is 0.320. The lowest BCUT2D eigenvalue weighted by atomic mass is 10.2. The maximum absolute atomic E-state index is 13.4. The predicted molar refractivity (Wildman–Crippen MR) is 101 cm³/mol. The van der Waals surface area contributed by atoms with E-state index in [9.17, 15) is 17.6 Å².